The molecular formula is C26H47NO2. The molecule has 0 aromatic rings. The van der Waals surface area contributed by atoms with Crippen LogP contribution in [0.2, 0.25) is 0 Å². The van der Waals surface area contributed by atoms with E-state index >= 15 is 0 Å². The van der Waals surface area contributed by atoms with Gasteiger partial charge in [-0.2, -0.15) is 0 Å². The van der Waals surface area contributed by atoms with Crippen molar-refractivity contribution < 1.29 is 9.90 Å². The number of nitrogens with one attached hydrogen (secondary N) is 1. The largest absolute Gasteiger partial charge is 0.481 e. The highest BCUT2D eigenvalue weighted by molar-refractivity contribution is 5.69. The lowest BCUT2D eigenvalue weighted by Crippen LogP contribution is -2.29. The van der Waals surface area contributed by atoms with E-state index in [0.717, 1.165) is 45.2 Å². The zero-order valence-electron chi connectivity index (χ0n) is 19.0. The molecule has 3 heteroatoms. The molecule has 0 atom stereocenters. The number of aliphatic carboxylic acids is 1. The first kappa shape index (κ1) is 25.9. The Kier molecular flexibility index (Phi) is 16.9. The molecule has 1 aliphatic rings. The van der Waals surface area contributed by atoms with Crippen LogP contribution in [0.4, 0.5) is 0 Å². The zero-order valence-corrected chi connectivity index (χ0v) is 19.0. The van der Waals surface area contributed by atoms with Gasteiger partial charge in [0.1, 0.15) is 0 Å². The first-order chi connectivity index (χ1) is 14.2. The van der Waals surface area contributed by atoms with E-state index in [1.807, 2.05) is 0 Å². The Labute approximate surface area is 180 Å². The highest BCUT2D eigenvalue weighted by atomic mass is 16.4. The van der Waals surface area contributed by atoms with Gasteiger partial charge in [-0.1, -0.05) is 69.8 Å². The van der Waals surface area contributed by atoms with Gasteiger partial charge in [-0.15, -0.1) is 0 Å². The maximum atomic E-state index is 11.0. The molecule has 0 spiro atoms. The number of hydrogen-bond acceptors (Lipinski definition) is 2. The van der Waals surface area contributed by atoms with E-state index in [-0.39, 0.29) is 5.92 Å². The third-order valence-corrected chi connectivity index (χ3v) is 6.18. The summed E-state index contributed by atoms with van der Waals surface area (Å²) in [7, 11) is 0. The Morgan fingerprint density at radius 1 is 0.828 bits per heavy atom. The van der Waals surface area contributed by atoms with E-state index in [0.29, 0.717) is 5.92 Å². The quantitative estimate of drug-likeness (QED) is 0.186. The Morgan fingerprint density at radius 3 is 2.03 bits per heavy atom. The van der Waals surface area contributed by atoms with Gasteiger partial charge in [0.2, 0.25) is 0 Å². The topological polar surface area (TPSA) is 49.3 Å². The molecule has 3 nitrogen and oxygen atoms in total. The van der Waals surface area contributed by atoms with Crippen LogP contribution in [0.3, 0.4) is 0 Å². The Bertz CT molecular complexity index is 436. The van der Waals surface area contributed by atoms with E-state index in [1.165, 1.54) is 70.6 Å². The van der Waals surface area contributed by atoms with E-state index in [2.05, 4.69) is 36.5 Å². The molecule has 1 aliphatic carbocycles. The van der Waals surface area contributed by atoms with Crippen LogP contribution in [0.5, 0.6) is 0 Å². The third kappa shape index (κ3) is 15.4. The number of carboxylic acid groups (broad SMARTS) is 1. The van der Waals surface area contributed by atoms with Crippen molar-refractivity contribution in [1.29, 1.82) is 0 Å². The van der Waals surface area contributed by atoms with Crippen molar-refractivity contribution in [3.05, 3.63) is 24.3 Å². The molecular weight excluding hydrogens is 358 g/mol. The van der Waals surface area contributed by atoms with Crippen LogP contribution >= 0.6 is 0 Å². The summed E-state index contributed by atoms with van der Waals surface area (Å²) in [6.45, 7) is 4.45. The van der Waals surface area contributed by atoms with Gasteiger partial charge >= 0.3 is 5.97 Å². The van der Waals surface area contributed by atoms with Gasteiger partial charge in [-0.3, -0.25) is 4.79 Å². The first-order valence-corrected chi connectivity index (χ1v) is 12.5. The normalized spacial score (nSPS) is 20.0. The minimum absolute atomic E-state index is 0.0844. The highest BCUT2D eigenvalue weighted by Gasteiger charge is 2.25. The Morgan fingerprint density at radius 2 is 1.41 bits per heavy atom. The minimum atomic E-state index is -0.599. The number of carbonyl (C=O) groups is 1. The van der Waals surface area contributed by atoms with Crippen LogP contribution in [0, 0.1) is 11.8 Å². The van der Waals surface area contributed by atoms with E-state index in [9.17, 15) is 4.79 Å². The standard InChI is InChI=1S/C26H47NO2/c1-2-3-4-5-6-7-8-9-10-11-12-13-14-15-16-17-22-27-23-24-18-20-25(21-19-24)26(28)29/h6-7,9-10,24-25,27H,2-5,8,11-23H2,1H3,(H,28,29)/b7-6-,10-9-. The molecule has 168 valence electrons. The zero-order chi connectivity index (χ0) is 21.0. The van der Waals surface area contributed by atoms with Gasteiger partial charge in [-0.05, 0) is 83.2 Å². The predicted molar refractivity (Wildman–Crippen MR) is 125 cm³/mol. The van der Waals surface area contributed by atoms with Gasteiger partial charge < -0.3 is 10.4 Å². The third-order valence-electron chi connectivity index (χ3n) is 6.18. The average molecular weight is 406 g/mol. The molecule has 0 aromatic heterocycles. The van der Waals surface area contributed by atoms with Gasteiger partial charge in [0.25, 0.3) is 0 Å². The highest BCUT2D eigenvalue weighted by Crippen LogP contribution is 2.28. The van der Waals surface area contributed by atoms with Crippen molar-refractivity contribution in [2.24, 2.45) is 11.8 Å². The van der Waals surface area contributed by atoms with Gasteiger partial charge in [0.05, 0.1) is 5.92 Å². The average Bonchev–Trinajstić information content (AvgIpc) is 2.73. The Hall–Kier alpha value is -1.09. The molecule has 0 saturated heterocycles. The minimum Gasteiger partial charge on any atom is -0.481 e. The second-order valence-corrected chi connectivity index (χ2v) is 8.84. The Balaban J connectivity index is 1.78. The molecule has 0 radical (unpaired) electrons. The summed E-state index contributed by atoms with van der Waals surface area (Å²) in [6, 6.07) is 0. The molecule has 0 aromatic carbocycles. The molecule has 1 saturated carbocycles. The molecule has 29 heavy (non-hydrogen) atoms. The fourth-order valence-electron chi connectivity index (χ4n) is 4.16. The van der Waals surface area contributed by atoms with Crippen molar-refractivity contribution in [1.82, 2.24) is 5.32 Å². The fourth-order valence-corrected chi connectivity index (χ4v) is 4.16. The van der Waals surface area contributed by atoms with Crippen molar-refractivity contribution in [3.63, 3.8) is 0 Å². The predicted octanol–water partition coefficient (Wildman–Crippen LogP) is 7.28. The number of rotatable bonds is 18. The molecule has 1 rings (SSSR count). The van der Waals surface area contributed by atoms with E-state index < -0.39 is 5.97 Å². The van der Waals surface area contributed by atoms with Crippen LogP contribution < -0.4 is 5.32 Å². The van der Waals surface area contributed by atoms with Gasteiger partial charge in [0, 0.05) is 0 Å². The first-order valence-electron chi connectivity index (χ1n) is 12.5. The van der Waals surface area contributed by atoms with Gasteiger partial charge in [-0.25, -0.2) is 0 Å². The van der Waals surface area contributed by atoms with Crippen LogP contribution in [0.15, 0.2) is 24.3 Å². The lowest BCUT2D eigenvalue weighted by molar-refractivity contribution is -0.143. The lowest BCUT2D eigenvalue weighted by Gasteiger charge is -2.26. The summed E-state index contributed by atoms with van der Waals surface area (Å²) in [5.74, 6) is 0.00635. The molecule has 2 N–H and O–H groups in total. The smallest absolute Gasteiger partial charge is 0.306 e. The SMILES string of the molecule is CCCCC/C=C\C/C=C\CCCCCCCCNCC1CCC(C(=O)O)CC1. The number of unbranched alkanes of at least 4 members (excludes halogenated alkanes) is 9. The van der Waals surface area contributed by atoms with Crippen LogP contribution in [-0.4, -0.2) is 24.2 Å². The van der Waals surface area contributed by atoms with Crippen molar-refractivity contribution in [2.75, 3.05) is 13.1 Å². The van der Waals surface area contributed by atoms with Crippen LogP contribution in [0.1, 0.15) is 110 Å². The molecule has 0 bridgehead atoms. The number of allylic oxidation sites excluding steroid dienone is 4. The molecule has 0 aliphatic heterocycles. The summed E-state index contributed by atoms with van der Waals surface area (Å²) in [5, 5.41) is 12.6. The van der Waals surface area contributed by atoms with Crippen LogP contribution in [0.25, 0.3) is 0 Å². The summed E-state index contributed by atoms with van der Waals surface area (Å²) in [5.41, 5.74) is 0. The molecule has 0 heterocycles. The van der Waals surface area contributed by atoms with Crippen molar-refractivity contribution in [2.45, 2.75) is 110 Å². The summed E-state index contributed by atoms with van der Waals surface area (Å²) in [4.78, 5) is 11.0. The number of hydrogen-bond donors (Lipinski definition) is 2. The molecule has 0 amide bonds. The van der Waals surface area contributed by atoms with Gasteiger partial charge in [0.15, 0.2) is 0 Å². The second kappa shape index (κ2) is 18.9. The summed E-state index contributed by atoms with van der Waals surface area (Å²) in [6.07, 6.45) is 28.8. The maximum absolute atomic E-state index is 11.0. The molecule has 0 unspecified atom stereocenters. The monoisotopic (exact) mass is 405 g/mol. The van der Waals surface area contributed by atoms with E-state index in [4.69, 9.17) is 5.11 Å². The maximum Gasteiger partial charge on any atom is 0.306 e. The van der Waals surface area contributed by atoms with Crippen LogP contribution in [-0.2, 0) is 4.79 Å². The summed E-state index contributed by atoms with van der Waals surface area (Å²) >= 11 is 0. The second-order valence-electron chi connectivity index (χ2n) is 8.84. The molecule has 1 fully saturated rings. The fraction of sp³-hybridized carbons (Fsp3) is 0.808. The number of carboxylic acids is 1. The lowest BCUT2D eigenvalue weighted by atomic mass is 9.82. The summed E-state index contributed by atoms with van der Waals surface area (Å²) < 4.78 is 0. The van der Waals surface area contributed by atoms with Crippen molar-refractivity contribution in [3.8, 4) is 0 Å². The van der Waals surface area contributed by atoms with E-state index in [1.54, 1.807) is 0 Å². The van der Waals surface area contributed by atoms with Crippen molar-refractivity contribution >= 4 is 5.97 Å².